The third-order valence-corrected chi connectivity index (χ3v) is 8.07. The molecule has 1 atom stereocenters. The summed E-state index contributed by atoms with van der Waals surface area (Å²) in [5.74, 6) is 0.731. The van der Waals surface area contributed by atoms with Crippen LogP contribution in [0.4, 0.5) is 0 Å². The Bertz CT molecular complexity index is 236. The lowest BCUT2D eigenvalue weighted by Crippen LogP contribution is -2.33. The van der Waals surface area contributed by atoms with Gasteiger partial charge in [-0.1, -0.05) is 59.3 Å². The highest BCUT2D eigenvalue weighted by Crippen LogP contribution is 2.37. The fraction of sp³-hybridized carbons (Fsp3) is 1.00. The predicted molar refractivity (Wildman–Crippen MR) is 105 cm³/mol. The van der Waals surface area contributed by atoms with Gasteiger partial charge in [-0.15, -0.1) is 7.92 Å². The summed E-state index contributed by atoms with van der Waals surface area (Å²) in [6, 6.07) is 0. The van der Waals surface area contributed by atoms with Gasteiger partial charge >= 0.3 is 0 Å². The molecule has 0 saturated heterocycles. The van der Waals surface area contributed by atoms with E-state index in [0.29, 0.717) is 7.92 Å². The number of hydrogen-bond acceptors (Lipinski definition) is 1. The predicted octanol–water partition coefficient (Wildman–Crippen LogP) is 7.08. The summed E-state index contributed by atoms with van der Waals surface area (Å²) in [6.45, 7) is 11.6. The van der Waals surface area contributed by atoms with Gasteiger partial charge in [-0.2, -0.15) is 0 Å². The normalized spacial score (nSPS) is 13.8. The molecule has 0 aromatic carbocycles. The Kier molecular flexibility index (Phi) is 14.0. The van der Waals surface area contributed by atoms with Crippen molar-refractivity contribution in [2.75, 3.05) is 25.6 Å². The molecule has 1 unspecified atom stereocenters. The molecule has 22 heavy (non-hydrogen) atoms. The van der Waals surface area contributed by atoms with Crippen molar-refractivity contribution in [2.24, 2.45) is 5.92 Å². The van der Waals surface area contributed by atoms with E-state index in [-0.39, 0.29) is 5.60 Å². The molecule has 0 aliphatic rings. The van der Waals surface area contributed by atoms with Gasteiger partial charge in [0.05, 0.1) is 5.60 Å². The van der Waals surface area contributed by atoms with E-state index >= 15 is 0 Å². The van der Waals surface area contributed by atoms with Gasteiger partial charge < -0.3 is 4.74 Å². The lowest BCUT2D eigenvalue weighted by Gasteiger charge is -2.34. The van der Waals surface area contributed by atoms with Crippen LogP contribution in [0.1, 0.15) is 92.4 Å². The average molecular weight is 331 g/mol. The van der Waals surface area contributed by atoms with E-state index in [1.807, 2.05) is 7.11 Å². The molecule has 0 heterocycles. The molecule has 0 aromatic heterocycles. The van der Waals surface area contributed by atoms with Gasteiger partial charge in [0.2, 0.25) is 0 Å². The van der Waals surface area contributed by atoms with Gasteiger partial charge in [-0.3, -0.25) is 0 Å². The number of methoxy groups -OCH3 is 1. The summed E-state index contributed by atoms with van der Waals surface area (Å²) in [6.07, 6.45) is 16.8. The second-order valence-electron chi connectivity index (χ2n) is 7.23. The summed E-state index contributed by atoms with van der Waals surface area (Å²) in [4.78, 5) is 0. The van der Waals surface area contributed by atoms with Gasteiger partial charge in [-0.05, 0) is 57.5 Å². The van der Waals surface area contributed by atoms with E-state index in [1.165, 1.54) is 76.3 Å². The van der Waals surface area contributed by atoms with Crippen molar-refractivity contribution in [2.45, 2.75) is 98.0 Å². The molecule has 0 spiro atoms. The molecule has 0 saturated carbocycles. The van der Waals surface area contributed by atoms with Crippen LogP contribution in [0.5, 0.6) is 0 Å². The maximum absolute atomic E-state index is 5.81. The van der Waals surface area contributed by atoms with Crippen LogP contribution >= 0.6 is 7.92 Å². The summed E-state index contributed by atoms with van der Waals surface area (Å²) in [5.41, 5.74) is 0.0462. The largest absolute Gasteiger partial charge is 0.379 e. The van der Waals surface area contributed by atoms with E-state index in [4.69, 9.17) is 4.74 Å². The van der Waals surface area contributed by atoms with Crippen LogP contribution in [0.2, 0.25) is 0 Å². The first kappa shape index (κ1) is 22.4. The molecule has 0 fully saturated rings. The first-order valence-electron chi connectivity index (χ1n) is 9.79. The fourth-order valence-corrected chi connectivity index (χ4v) is 4.99. The van der Waals surface area contributed by atoms with Gasteiger partial charge in [-0.25, -0.2) is 0 Å². The molecule has 0 aliphatic carbocycles. The van der Waals surface area contributed by atoms with Gasteiger partial charge in [0, 0.05) is 7.11 Å². The van der Waals surface area contributed by atoms with Crippen molar-refractivity contribution < 1.29 is 4.74 Å². The smallest absolute Gasteiger partial charge is 0.0650 e. The molecule has 0 aliphatic heterocycles. The van der Waals surface area contributed by atoms with Gasteiger partial charge in [0.1, 0.15) is 0 Å². The quantitative estimate of drug-likeness (QED) is 0.230. The minimum absolute atomic E-state index is 0.0462. The van der Waals surface area contributed by atoms with Crippen LogP contribution < -0.4 is 0 Å². The summed E-state index contributed by atoms with van der Waals surface area (Å²) in [5, 5.41) is 0. The Hall–Kier alpha value is 0.390. The van der Waals surface area contributed by atoms with E-state index in [9.17, 15) is 0 Å². The van der Waals surface area contributed by atoms with Crippen molar-refractivity contribution in [3.8, 4) is 0 Å². The Morgan fingerprint density at radius 1 is 0.818 bits per heavy atom. The van der Waals surface area contributed by atoms with Crippen molar-refractivity contribution >= 4 is 7.92 Å². The first-order valence-corrected chi connectivity index (χ1v) is 11.7. The van der Waals surface area contributed by atoms with Crippen LogP contribution in [0.25, 0.3) is 0 Å². The number of hydrogen-bond donors (Lipinski definition) is 0. The van der Waals surface area contributed by atoms with Crippen molar-refractivity contribution in [1.29, 1.82) is 0 Å². The van der Waals surface area contributed by atoms with Crippen LogP contribution in [-0.2, 0) is 4.74 Å². The molecule has 0 amide bonds. The molecule has 134 valence electrons. The van der Waals surface area contributed by atoms with E-state index in [1.54, 1.807) is 0 Å². The standard InChI is InChI=1S/C20H43OP/c1-7-10-11-12-13-14-16-19(20(4,5)21-6)17-15-18-22(8-2)9-3/h19H,7-18H2,1-6H3. The van der Waals surface area contributed by atoms with Gasteiger partial charge in [0.25, 0.3) is 0 Å². The van der Waals surface area contributed by atoms with Gasteiger partial charge in [0.15, 0.2) is 0 Å². The third kappa shape index (κ3) is 10.2. The van der Waals surface area contributed by atoms with E-state index in [0.717, 1.165) is 5.92 Å². The van der Waals surface area contributed by atoms with Crippen LogP contribution in [0.15, 0.2) is 0 Å². The molecular formula is C20H43OP. The van der Waals surface area contributed by atoms with E-state index in [2.05, 4.69) is 34.6 Å². The van der Waals surface area contributed by atoms with Crippen molar-refractivity contribution in [1.82, 2.24) is 0 Å². The zero-order chi connectivity index (χ0) is 16.8. The number of unbranched alkanes of at least 4 members (excludes halogenated alkanes) is 5. The lowest BCUT2D eigenvalue weighted by atomic mass is 9.83. The highest BCUT2D eigenvalue weighted by Gasteiger charge is 2.28. The van der Waals surface area contributed by atoms with E-state index < -0.39 is 0 Å². The number of rotatable bonds is 15. The topological polar surface area (TPSA) is 9.23 Å². The SMILES string of the molecule is CCCCCCCCC(CCCP(CC)CC)C(C)(C)OC. The second kappa shape index (κ2) is 13.8. The fourth-order valence-electron chi connectivity index (χ4n) is 3.28. The van der Waals surface area contributed by atoms with Crippen LogP contribution in [0.3, 0.4) is 0 Å². The highest BCUT2D eigenvalue weighted by molar-refractivity contribution is 7.57. The monoisotopic (exact) mass is 330 g/mol. The molecule has 0 radical (unpaired) electrons. The maximum atomic E-state index is 5.81. The second-order valence-corrected chi connectivity index (χ2v) is 10.3. The summed E-state index contributed by atoms with van der Waals surface area (Å²) < 4.78 is 5.81. The molecule has 1 nitrogen and oxygen atoms in total. The van der Waals surface area contributed by atoms with Crippen LogP contribution in [0, 0.1) is 5.92 Å². The zero-order valence-corrected chi connectivity index (χ0v) is 17.3. The Morgan fingerprint density at radius 3 is 1.91 bits per heavy atom. The number of ether oxygens (including phenoxy) is 1. The Balaban J connectivity index is 4.11. The molecule has 0 aromatic rings. The minimum Gasteiger partial charge on any atom is -0.379 e. The first-order chi connectivity index (χ1) is 10.5. The molecular weight excluding hydrogens is 287 g/mol. The molecule has 2 heteroatoms. The highest BCUT2D eigenvalue weighted by atomic mass is 31.1. The summed E-state index contributed by atoms with van der Waals surface area (Å²) >= 11 is 0. The molecule has 0 rings (SSSR count). The third-order valence-electron chi connectivity index (χ3n) is 5.34. The average Bonchev–Trinajstić information content (AvgIpc) is 2.52. The molecule has 0 bridgehead atoms. The zero-order valence-electron chi connectivity index (χ0n) is 16.4. The Labute approximate surface area is 142 Å². The van der Waals surface area contributed by atoms with Crippen molar-refractivity contribution in [3.63, 3.8) is 0 Å². The Morgan fingerprint density at radius 2 is 1.36 bits per heavy atom. The lowest BCUT2D eigenvalue weighted by molar-refractivity contribution is -0.0346. The maximum Gasteiger partial charge on any atom is 0.0650 e. The minimum atomic E-state index is 0.0462. The summed E-state index contributed by atoms with van der Waals surface area (Å²) in [7, 11) is 2.20. The molecule has 0 N–H and O–H groups in total. The van der Waals surface area contributed by atoms with Crippen LogP contribution in [-0.4, -0.2) is 31.2 Å². The van der Waals surface area contributed by atoms with Crippen molar-refractivity contribution in [3.05, 3.63) is 0 Å².